The van der Waals surface area contributed by atoms with Gasteiger partial charge in [-0.05, 0) is 48.6 Å². The molecule has 0 radical (unpaired) electrons. The van der Waals surface area contributed by atoms with Crippen molar-refractivity contribution >= 4 is 29.1 Å². The third-order valence-corrected chi connectivity index (χ3v) is 4.91. The first-order chi connectivity index (χ1) is 13.9. The number of ether oxygens (including phenoxy) is 1. The summed E-state index contributed by atoms with van der Waals surface area (Å²) < 4.78 is 18.5. The predicted octanol–water partition coefficient (Wildman–Crippen LogP) is 4.31. The summed E-state index contributed by atoms with van der Waals surface area (Å²) in [5.74, 6) is -0.215. The van der Waals surface area contributed by atoms with Crippen LogP contribution in [-0.4, -0.2) is 42.3 Å². The Morgan fingerprint density at radius 1 is 1.17 bits per heavy atom. The zero-order valence-corrected chi connectivity index (χ0v) is 16.8. The van der Waals surface area contributed by atoms with Gasteiger partial charge >= 0.3 is 0 Å². The van der Waals surface area contributed by atoms with Crippen molar-refractivity contribution in [3.63, 3.8) is 0 Å². The minimum absolute atomic E-state index is 0.0918. The van der Waals surface area contributed by atoms with E-state index in [4.69, 9.17) is 4.74 Å². The van der Waals surface area contributed by atoms with Crippen molar-refractivity contribution in [3.05, 3.63) is 77.1 Å². The minimum Gasteiger partial charge on any atom is -0.484 e. The Hall–Kier alpha value is -3.32. The smallest absolute Gasteiger partial charge is 0.259 e. The monoisotopic (exact) mass is 410 g/mol. The summed E-state index contributed by atoms with van der Waals surface area (Å²) in [6.45, 7) is -0.0918. The van der Waals surface area contributed by atoms with Gasteiger partial charge in [0, 0.05) is 30.6 Å². The van der Waals surface area contributed by atoms with E-state index in [1.165, 1.54) is 34.4 Å². The Morgan fingerprint density at radius 2 is 1.93 bits per heavy atom. The van der Waals surface area contributed by atoms with Gasteiger partial charge < -0.3 is 9.64 Å². The van der Waals surface area contributed by atoms with Crippen molar-refractivity contribution in [2.45, 2.75) is 0 Å². The number of allylic oxidation sites excluding steroid dienone is 1. The van der Waals surface area contributed by atoms with Crippen LogP contribution in [0.1, 0.15) is 16.1 Å². The average Bonchev–Trinajstić information content (AvgIpc) is 3.20. The Bertz CT molecular complexity index is 1040. The van der Waals surface area contributed by atoms with Crippen LogP contribution < -0.4 is 4.74 Å². The molecule has 0 fully saturated rings. The molecule has 0 atom stereocenters. The number of likely N-dealkylation sites (N-methyl/N-ethyl adjacent to an activating group) is 1. The summed E-state index contributed by atoms with van der Waals surface area (Å²) in [6.07, 6.45) is 3.07. The van der Waals surface area contributed by atoms with Crippen LogP contribution in [0.5, 0.6) is 5.75 Å². The van der Waals surface area contributed by atoms with E-state index in [9.17, 15) is 14.0 Å². The van der Waals surface area contributed by atoms with Gasteiger partial charge in [0.15, 0.2) is 12.4 Å². The molecule has 3 rings (SSSR count). The van der Waals surface area contributed by atoms with Crippen LogP contribution in [0.2, 0.25) is 0 Å². The molecule has 0 unspecified atom stereocenters. The molecule has 3 aromatic rings. The van der Waals surface area contributed by atoms with Crippen molar-refractivity contribution in [1.82, 2.24) is 9.88 Å². The third-order valence-electron chi connectivity index (χ3n) is 4.00. The van der Waals surface area contributed by atoms with E-state index in [1.54, 1.807) is 56.6 Å². The number of ketones is 1. The van der Waals surface area contributed by atoms with Crippen molar-refractivity contribution in [1.29, 1.82) is 0 Å². The van der Waals surface area contributed by atoms with Crippen molar-refractivity contribution in [3.8, 4) is 16.3 Å². The molecular weight excluding hydrogens is 391 g/mol. The highest BCUT2D eigenvalue weighted by Crippen LogP contribution is 2.24. The minimum atomic E-state index is -0.298. The summed E-state index contributed by atoms with van der Waals surface area (Å²) >= 11 is 1.42. The fraction of sp³-hybridized carbons (Fsp3) is 0.136. The molecule has 0 aliphatic heterocycles. The normalized spacial score (nSPS) is 10.9. The molecule has 2 aromatic carbocycles. The lowest BCUT2D eigenvalue weighted by Gasteiger charge is -2.11. The zero-order chi connectivity index (χ0) is 20.8. The van der Waals surface area contributed by atoms with Gasteiger partial charge in [0.2, 0.25) is 0 Å². The van der Waals surface area contributed by atoms with Crippen LogP contribution in [0, 0.1) is 5.82 Å². The van der Waals surface area contributed by atoms with E-state index in [-0.39, 0.29) is 24.1 Å². The number of amides is 1. The molecular formula is C22H19FN2O3S. The van der Waals surface area contributed by atoms with E-state index in [2.05, 4.69) is 4.98 Å². The lowest BCUT2D eigenvalue weighted by atomic mass is 10.1. The highest BCUT2D eigenvalue weighted by molar-refractivity contribution is 7.13. The van der Waals surface area contributed by atoms with E-state index in [1.807, 2.05) is 5.38 Å². The molecule has 148 valence electrons. The van der Waals surface area contributed by atoms with Crippen LogP contribution in [0.3, 0.4) is 0 Å². The lowest BCUT2D eigenvalue weighted by Crippen LogP contribution is -2.27. The number of hydrogen-bond donors (Lipinski definition) is 0. The van der Waals surface area contributed by atoms with E-state index in [0.29, 0.717) is 17.0 Å². The summed E-state index contributed by atoms with van der Waals surface area (Å²) in [5.41, 5.74) is 1.91. The lowest BCUT2D eigenvalue weighted by molar-refractivity contribution is -0.130. The zero-order valence-electron chi connectivity index (χ0n) is 16.0. The molecule has 5 nitrogen and oxygen atoms in total. The SMILES string of the molecule is CN(C)C(=O)COc1cccc(C(=O)/C=C/c2csc(-c3ccc(F)cc3)n2)c1. The first kappa shape index (κ1) is 20.4. The van der Waals surface area contributed by atoms with E-state index in [0.717, 1.165) is 10.6 Å². The van der Waals surface area contributed by atoms with Gasteiger partial charge in [-0.1, -0.05) is 12.1 Å². The number of aromatic nitrogens is 1. The summed E-state index contributed by atoms with van der Waals surface area (Å²) in [6, 6.07) is 12.8. The topological polar surface area (TPSA) is 59.5 Å². The summed E-state index contributed by atoms with van der Waals surface area (Å²) in [4.78, 5) is 29.9. The number of hydrogen-bond acceptors (Lipinski definition) is 5. The summed E-state index contributed by atoms with van der Waals surface area (Å²) in [5, 5.41) is 2.58. The Labute approximate surface area is 172 Å². The first-order valence-corrected chi connectivity index (χ1v) is 9.67. The molecule has 1 amide bonds. The molecule has 0 aliphatic rings. The maximum Gasteiger partial charge on any atom is 0.259 e. The highest BCUT2D eigenvalue weighted by atomic mass is 32.1. The molecule has 0 aliphatic carbocycles. The number of benzene rings is 2. The number of carbonyl (C=O) groups excluding carboxylic acids is 2. The van der Waals surface area contributed by atoms with Crippen molar-refractivity contribution < 1.29 is 18.7 Å². The van der Waals surface area contributed by atoms with Gasteiger partial charge in [-0.3, -0.25) is 9.59 Å². The standard InChI is InChI=1S/C22H19FN2O3S/c1-25(2)21(27)13-28-19-5-3-4-16(12-19)20(26)11-10-18-14-29-22(24-18)15-6-8-17(23)9-7-15/h3-12,14H,13H2,1-2H3/b11-10+. The molecule has 1 heterocycles. The van der Waals surface area contributed by atoms with Crippen molar-refractivity contribution in [2.75, 3.05) is 20.7 Å². The van der Waals surface area contributed by atoms with Crippen LogP contribution in [-0.2, 0) is 4.79 Å². The fourth-order valence-electron chi connectivity index (χ4n) is 2.36. The maximum atomic E-state index is 13.0. The molecule has 0 spiro atoms. The maximum absolute atomic E-state index is 13.0. The van der Waals surface area contributed by atoms with Gasteiger partial charge in [0.05, 0.1) is 5.69 Å². The van der Waals surface area contributed by atoms with Crippen LogP contribution in [0.4, 0.5) is 4.39 Å². The summed E-state index contributed by atoms with van der Waals surface area (Å²) in [7, 11) is 3.30. The Balaban J connectivity index is 1.66. The second kappa shape index (κ2) is 9.25. The molecule has 29 heavy (non-hydrogen) atoms. The van der Waals surface area contributed by atoms with E-state index < -0.39 is 0 Å². The molecule has 7 heteroatoms. The van der Waals surface area contributed by atoms with Crippen LogP contribution in [0.15, 0.2) is 60.0 Å². The average molecular weight is 410 g/mol. The van der Waals surface area contributed by atoms with Gasteiger partial charge in [-0.25, -0.2) is 9.37 Å². The Morgan fingerprint density at radius 3 is 2.66 bits per heavy atom. The molecule has 1 aromatic heterocycles. The second-order valence-electron chi connectivity index (χ2n) is 6.39. The highest BCUT2D eigenvalue weighted by Gasteiger charge is 2.08. The number of rotatable bonds is 7. The Kier molecular flexibility index (Phi) is 6.51. The van der Waals surface area contributed by atoms with Crippen LogP contribution >= 0.6 is 11.3 Å². The van der Waals surface area contributed by atoms with Gasteiger partial charge in [-0.2, -0.15) is 0 Å². The quantitative estimate of drug-likeness (QED) is 0.430. The molecule has 0 saturated carbocycles. The van der Waals surface area contributed by atoms with E-state index >= 15 is 0 Å². The predicted molar refractivity (Wildman–Crippen MR) is 112 cm³/mol. The largest absolute Gasteiger partial charge is 0.484 e. The number of nitrogens with zero attached hydrogens (tertiary/aromatic N) is 2. The molecule has 0 saturated heterocycles. The number of halogens is 1. The fourth-order valence-corrected chi connectivity index (χ4v) is 3.15. The second-order valence-corrected chi connectivity index (χ2v) is 7.24. The van der Waals surface area contributed by atoms with Crippen molar-refractivity contribution in [2.24, 2.45) is 0 Å². The third kappa shape index (κ3) is 5.58. The number of thiazole rings is 1. The molecule has 0 bridgehead atoms. The van der Waals surface area contributed by atoms with Gasteiger partial charge in [-0.15, -0.1) is 11.3 Å². The van der Waals surface area contributed by atoms with Crippen LogP contribution in [0.25, 0.3) is 16.6 Å². The van der Waals surface area contributed by atoms with Gasteiger partial charge in [0.25, 0.3) is 5.91 Å². The van der Waals surface area contributed by atoms with Gasteiger partial charge in [0.1, 0.15) is 16.6 Å². The molecule has 0 N–H and O–H groups in total. The first-order valence-electron chi connectivity index (χ1n) is 8.79. The number of carbonyl (C=O) groups is 2.